The molecule has 4 atom stereocenters. The number of carbonyl (C=O) groups excluding carboxylic acids is 2. The minimum Gasteiger partial charge on any atom is -0.371 e. The van der Waals surface area contributed by atoms with Crippen LogP contribution in [0.1, 0.15) is 41.2 Å². The van der Waals surface area contributed by atoms with Crippen molar-refractivity contribution >= 4 is 23.2 Å². The predicted octanol–water partition coefficient (Wildman–Crippen LogP) is 0.421. The van der Waals surface area contributed by atoms with E-state index < -0.39 is 0 Å². The number of carbonyl (C=O) groups is 2. The van der Waals surface area contributed by atoms with Crippen molar-refractivity contribution < 1.29 is 19.1 Å². The number of hydrogen-bond donors (Lipinski definition) is 2. The molecule has 3 aliphatic rings. The maximum atomic E-state index is 12.4. The third-order valence-corrected chi connectivity index (χ3v) is 5.33. The van der Waals surface area contributed by atoms with E-state index in [0.717, 1.165) is 5.69 Å². The standard InChI is InChI=1S/C15H19N3O4S/c1-7(19)16-9-4-21-13-10(5-22-12(9)13)17-14(20)15-18-11(6-23-15)8-2-3-8/h6,8-10,12-13H,2-5H2,1H3,(H,16,19)(H,17,20)/t9-,10-,12+,13+/m0/s1. The molecule has 1 saturated carbocycles. The molecule has 2 aliphatic heterocycles. The van der Waals surface area contributed by atoms with Crippen molar-refractivity contribution in [1.29, 1.82) is 0 Å². The number of nitrogens with zero attached hydrogens (tertiary/aromatic N) is 1. The zero-order valence-corrected chi connectivity index (χ0v) is 13.6. The summed E-state index contributed by atoms with van der Waals surface area (Å²) in [5.41, 5.74) is 1.03. The summed E-state index contributed by atoms with van der Waals surface area (Å²) in [4.78, 5) is 28.0. The second-order valence-electron chi connectivity index (χ2n) is 6.33. The molecule has 7 nitrogen and oxygen atoms in total. The summed E-state index contributed by atoms with van der Waals surface area (Å²) in [5.74, 6) is 0.261. The third-order valence-electron chi connectivity index (χ3n) is 4.47. The minimum absolute atomic E-state index is 0.106. The van der Waals surface area contributed by atoms with Gasteiger partial charge in [-0.05, 0) is 12.8 Å². The second-order valence-corrected chi connectivity index (χ2v) is 7.19. The molecule has 124 valence electrons. The van der Waals surface area contributed by atoms with E-state index in [-0.39, 0.29) is 36.1 Å². The van der Waals surface area contributed by atoms with Crippen LogP contribution in [0.4, 0.5) is 0 Å². The number of nitrogens with one attached hydrogen (secondary N) is 2. The summed E-state index contributed by atoms with van der Waals surface area (Å²) in [5, 5.41) is 8.25. The van der Waals surface area contributed by atoms with Gasteiger partial charge in [0.1, 0.15) is 12.2 Å². The minimum atomic E-state index is -0.223. The molecule has 0 aromatic carbocycles. The predicted molar refractivity (Wildman–Crippen MR) is 82.4 cm³/mol. The van der Waals surface area contributed by atoms with Crippen molar-refractivity contribution in [3.8, 4) is 0 Å². The Morgan fingerprint density at radius 1 is 1.17 bits per heavy atom. The van der Waals surface area contributed by atoms with Gasteiger partial charge in [-0.25, -0.2) is 4.98 Å². The van der Waals surface area contributed by atoms with Gasteiger partial charge in [0.2, 0.25) is 5.91 Å². The average Bonchev–Trinajstić information content (AvgIpc) is 2.96. The second kappa shape index (κ2) is 5.85. The number of ether oxygens (including phenoxy) is 2. The first-order chi connectivity index (χ1) is 11.1. The Balaban J connectivity index is 1.37. The van der Waals surface area contributed by atoms with Crippen molar-refractivity contribution in [1.82, 2.24) is 15.6 Å². The quantitative estimate of drug-likeness (QED) is 0.831. The molecular weight excluding hydrogens is 318 g/mol. The van der Waals surface area contributed by atoms with Gasteiger partial charge in [-0.2, -0.15) is 0 Å². The maximum Gasteiger partial charge on any atom is 0.280 e. The number of fused-ring (bicyclic) bond motifs is 1. The number of aromatic nitrogens is 1. The number of rotatable bonds is 4. The SMILES string of the molecule is CC(=O)N[C@H]1CO[C@H]2[C@@H]1OC[C@@H]2NC(=O)c1nc(C2CC2)cs1. The molecule has 2 amide bonds. The highest BCUT2D eigenvalue weighted by molar-refractivity contribution is 7.11. The summed E-state index contributed by atoms with van der Waals surface area (Å²) in [7, 11) is 0. The highest BCUT2D eigenvalue weighted by Gasteiger charge is 2.48. The van der Waals surface area contributed by atoms with Crippen LogP contribution in [0.15, 0.2) is 5.38 Å². The molecule has 1 aromatic heterocycles. The van der Waals surface area contributed by atoms with Gasteiger partial charge in [0.25, 0.3) is 5.91 Å². The lowest BCUT2D eigenvalue weighted by atomic mass is 10.1. The molecule has 0 unspecified atom stereocenters. The number of amides is 2. The normalized spacial score (nSPS) is 32.6. The highest BCUT2D eigenvalue weighted by Crippen LogP contribution is 2.40. The smallest absolute Gasteiger partial charge is 0.280 e. The first kappa shape index (κ1) is 15.0. The Kier molecular flexibility index (Phi) is 3.82. The number of hydrogen-bond acceptors (Lipinski definition) is 6. The Morgan fingerprint density at radius 2 is 1.83 bits per heavy atom. The summed E-state index contributed by atoms with van der Waals surface area (Å²) in [6, 6.07) is -0.361. The molecule has 2 N–H and O–H groups in total. The molecule has 0 bridgehead atoms. The van der Waals surface area contributed by atoms with E-state index in [0.29, 0.717) is 24.1 Å². The van der Waals surface area contributed by atoms with Crippen LogP contribution in [-0.2, 0) is 14.3 Å². The van der Waals surface area contributed by atoms with E-state index in [1.165, 1.54) is 31.1 Å². The fraction of sp³-hybridized carbons (Fsp3) is 0.667. The molecule has 1 aromatic rings. The molecule has 2 saturated heterocycles. The topological polar surface area (TPSA) is 89.5 Å². The van der Waals surface area contributed by atoms with Crippen molar-refractivity contribution in [3.63, 3.8) is 0 Å². The zero-order valence-electron chi connectivity index (χ0n) is 12.8. The monoisotopic (exact) mass is 337 g/mol. The largest absolute Gasteiger partial charge is 0.371 e. The Labute approximate surface area is 137 Å². The third kappa shape index (κ3) is 2.98. The van der Waals surface area contributed by atoms with Crippen LogP contribution >= 0.6 is 11.3 Å². The fourth-order valence-electron chi connectivity index (χ4n) is 3.20. The first-order valence-corrected chi connectivity index (χ1v) is 8.76. The van der Waals surface area contributed by atoms with E-state index in [9.17, 15) is 9.59 Å². The summed E-state index contributed by atoms with van der Waals surface area (Å²) in [6.07, 6.45) is 1.91. The van der Waals surface area contributed by atoms with Crippen LogP contribution in [0.3, 0.4) is 0 Å². The van der Waals surface area contributed by atoms with Crippen molar-refractivity contribution in [2.45, 2.75) is 50.0 Å². The lowest BCUT2D eigenvalue weighted by Crippen LogP contribution is -2.46. The van der Waals surface area contributed by atoms with Gasteiger partial charge in [0.05, 0.1) is 31.0 Å². The molecule has 1 aliphatic carbocycles. The van der Waals surface area contributed by atoms with Gasteiger partial charge in [0.15, 0.2) is 5.01 Å². The molecule has 4 rings (SSSR count). The van der Waals surface area contributed by atoms with Crippen LogP contribution in [-0.4, -0.2) is 54.3 Å². The van der Waals surface area contributed by atoms with Crippen molar-refractivity contribution in [2.75, 3.05) is 13.2 Å². The van der Waals surface area contributed by atoms with E-state index in [4.69, 9.17) is 9.47 Å². The first-order valence-electron chi connectivity index (χ1n) is 7.88. The van der Waals surface area contributed by atoms with Gasteiger partial charge in [0, 0.05) is 18.2 Å². The van der Waals surface area contributed by atoms with Crippen LogP contribution in [0.2, 0.25) is 0 Å². The van der Waals surface area contributed by atoms with Crippen LogP contribution in [0.25, 0.3) is 0 Å². The van der Waals surface area contributed by atoms with Gasteiger partial charge in [-0.1, -0.05) is 0 Å². The summed E-state index contributed by atoms with van der Waals surface area (Å²) >= 11 is 1.38. The van der Waals surface area contributed by atoms with E-state index in [1.807, 2.05) is 5.38 Å². The molecule has 8 heteroatoms. The molecule has 3 fully saturated rings. The molecule has 0 spiro atoms. The average molecular weight is 337 g/mol. The van der Waals surface area contributed by atoms with Crippen molar-refractivity contribution in [2.24, 2.45) is 0 Å². The summed E-state index contributed by atoms with van der Waals surface area (Å²) in [6.45, 7) is 2.27. The highest BCUT2D eigenvalue weighted by atomic mass is 32.1. The summed E-state index contributed by atoms with van der Waals surface area (Å²) < 4.78 is 11.4. The lowest BCUT2D eigenvalue weighted by Gasteiger charge is -2.17. The molecule has 0 radical (unpaired) electrons. The maximum absolute atomic E-state index is 12.4. The fourth-order valence-corrected chi connectivity index (χ4v) is 4.00. The number of thiazole rings is 1. The molecule has 23 heavy (non-hydrogen) atoms. The van der Waals surface area contributed by atoms with Gasteiger partial charge in [-0.3, -0.25) is 9.59 Å². The van der Waals surface area contributed by atoms with Crippen LogP contribution < -0.4 is 10.6 Å². The van der Waals surface area contributed by atoms with E-state index in [2.05, 4.69) is 15.6 Å². The van der Waals surface area contributed by atoms with Gasteiger partial charge < -0.3 is 20.1 Å². The molecular formula is C15H19N3O4S. The Bertz CT molecular complexity index is 630. The molecule has 3 heterocycles. The Hall–Kier alpha value is -1.51. The zero-order chi connectivity index (χ0) is 16.0. The van der Waals surface area contributed by atoms with Gasteiger partial charge >= 0.3 is 0 Å². The van der Waals surface area contributed by atoms with Crippen molar-refractivity contribution in [3.05, 3.63) is 16.1 Å². The van der Waals surface area contributed by atoms with E-state index in [1.54, 1.807) is 0 Å². The Morgan fingerprint density at radius 3 is 2.43 bits per heavy atom. The lowest BCUT2D eigenvalue weighted by molar-refractivity contribution is -0.120. The van der Waals surface area contributed by atoms with Gasteiger partial charge in [-0.15, -0.1) is 11.3 Å². The van der Waals surface area contributed by atoms with Crippen LogP contribution in [0, 0.1) is 0 Å². The van der Waals surface area contributed by atoms with Crippen LogP contribution in [0.5, 0.6) is 0 Å². The van der Waals surface area contributed by atoms with E-state index >= 15 is 0 Å².